The van der Waals surface area contributed by atoms with Gasteiger partial charge in [0.1, 0.15) is 0 Å². The SMILES string of the molecule is CCCC1(C2CCCCC2)CCC(C(=O)O)(c2ccc(C#N)cc2)CC1. The van der Waals surface area contributed by atoms with Crippen LogP contribution in [-0.4, -0.2) is 11.1 Å². The first-order valence-electron chi connectivity index (χ1n) is 10.3. The number of carboxylic acid groups (broad SMARTS) is 1. The van der Waals surface area contributed by atoms with E-state index in [4.69, 9.17) is 5.26 Å². The second-order valence-electron chi connectivity index (χ2n) is 8.52. The highest BCUT2D eigenvalue weighted by molar-refractivity contribution is 5.81. The zero-order valence-corrected chi connectivity index (χ0v) is 16.0. The van der Waals surface area contributed by atoms with E-state index in [2.05, 4.69) is 13.0 Å². The normalized spacial score (nSPS) is 29.8. The summed E-state index contributed by atoms with van der Waals surface area (Å²) in [5, 5.41) is 19.1. The Morgan fingerprint density at radius 2 is 1.73 bits per heavy atom. The van der Waals surface area contributed by atoms with Crippen LogP contribution in [0.2, 0.25) is 0 Å². The van der Waals surface area contributed by atoms with E-state index in [0.717, 1.165) is 37.2 Å². The summed E-state index contributed by atoms with van der Waals surface area (Å²) in [4.78, 5) is 12.3. The maximum Gasteiger partial charge on any atom is 0.314 e. The van der Waals surface area contributed by atoms with Crippen molar-refractivity contribution >= 4 is 5.97 Å². The van der Waals surface area contributed by atoms with Crippen molar-refractivity contribution in [2.24, 2.45) is 11.3 Å². The Morgan fingerprint density at radius 1 is 1.12 bits per heavy atom. The highest BCUT2D eigenvalue weighted by Gasteiger charge is 2.50. The molecule has 0 unspecified atom stereocenters. The quantitative estimate of drug-likeness (QED) is 0.725. The summed E-state index contributed by atoms with van der Waals surface area (Å²) in [6.45, 7) is 2.27. The molecule has 0 bridgehead atoms. The summed E-state index contributed by atoms with van der Waals surface area (Å²) >= 11 is 0. The van der Waals surface area contributed by atoms with Crippen molar-refractivity contribution in [2.75, 3.05) is 0 Å². The molecule has 2 aliphatic rings. The smallest absolute Gasteiger partial charge is 0.314 e. The number of carbonyl (C=O) groups is 1. The van der Waals surface area contributed by atoms with Gasteiger partial charge in [-0.3, -0.25) is 4.79 Å². The number of nitriles is 1. The molecule has 0 aliphatic heterocycles. The van der Waals surface area contributed by atoms with Gasteiger partial charge in [-0.05, 0) is 74.0 Å². The Morgan fingerprint density at radius 3 is 2.23 bits per heavy atom. The molecular weight excluding hydrogens is 322 g/mol. The number of rotatable bonds is 5. The fourth-order valence-electron chi connectivity index (χ4n) is 5.74. The Hall–Kier alpha value is -1.82. The number of carboxylic acids is 1. The third-order valence-corrected chi connectivity index (χ3v) is 7.29. The molecular formula is C23H31NO2. The largest absolute Gasteiger partial charge is 0.481 e. The first kappa shape index (κ1) is 19.0. The molecule has 140 valence electrons. The summed E-state index contributed by atoms with van der Waals surface area (Å²) in [5.41, 5.74) is 1.03. The number of nitrogens with zero attached hydrogens (tertiary/aromatic N) is 1. The molecule has 0 saturated heterocycles. The number of benzene rings is 1. The minimum absolute atomic E-state index is 0.348. The van der Waals surface area contributed by atoms with E-state index >= 15 is 0 Å². The Bertz CT molecular complexity index is 656. The van der Waals surface area contributed by atoms with E-state index in [-0.39, 0.29) is 0 Å². The lowest BCUT2D eigenvalue weighted by Gasteiger charge is -2.50. The van der Waals surface area contributed by atoms with Crippen molar-refractivity contribution in [3.8, 4) is 6.07 Å². The summed E-state index contributed by atoms with van der Waals surface area (Å²) in [7, 11) is 0. The Balaban J connectivity index is 1.85. The molecule has 2 aliphatic carbocycles. The number of hydrogen-bond acceptors (Lipinski definition) is 2. The molecule has 2 saturated carbocycles. The zero-order chi connectivity index (χ0) is 18.6. The average molecular weight is 354 g/mol. The van der Waals surface area contributed by atoms with Gasteiger partial charge >= 0.3 is 5.97 Å². The van der Waals surface area contributed by atoms with Gasteiger partial charge in [-0.1, -0.05) is 44.7 Å². The topological polar surface area (TPSA) is 61.1 Å². The van der Waals surface area contributed by atoms with Crippen LogP contribution in [-0.2, 0) is 10.2 Å². The molecule has 0 atom stereocenters. The predicted molar refractivity (Wildman–Crippen MR) is 103 cm³/mol. The first-order valence-corrected chi connectivity index (χ1v) is 10.3. The predicted octanol–water partition coefficient (Wildman–Crippen LogP) is 5.82. The average Bonchev–Trinajstić information content (AvgIpc) is 2.69. The highest BCUT2D eigenvalue weighted by atomic mass is 16.4. The van der Waals surface area contributed by atoms with Crippen molar-refractivity contribution in [3.05, 3.63) is 35.4 Å². The van der Waals surface area contributed by atoms with E-state index in [1.54, 1.807) is 12.1 Å². The van der Waals surface area contributed by atoms with Crippen LogP contribution in [0, 0.1) is 22.7 Å². The Labute approximate surface area is 157 Å². The summed E-state index contributed by atoms with van der Waals surface area (Å²) < 4.78 is 0. The van der Waals surface area contributed by atoms with E-state index in [0.29, 0.717) is 11.0 Å². The molecule has 0 aromatic heterocycles. The van der Waals surface area contributed by atoms with E-state index < -0.39 is 11.4 Å². The number of hydrogen-bond donors (Lipinski definition) is 1. The van der Waals surface area contributed by atoms with Gasteiger partial charge in [0, 0.05) is 0 Å². The molecule has 3 heteroatoms. The molecule has 26 heavy (non-hydrogen) atoms. The Kier molecular flexibility index (Phi) is 5.70. The van der Waals surface area contributed by atoms with Gasteiger partial charge in [0.15, 0.2) is 0 Å². The molecule has 1 N–H and O–H groups in total. The summed E-state index contributed by atoms with van der Waals surface area (Å²) in [6, 6.07) is 9.36. The van der Waals surface area contributed by atoms with Crippen LogP contribution in [0.25, 0.3) is 0 Å². The monoisotopic (exact) mass is 353 g/mol. The third-order valence-electron chi connectivity index (χ3n) is 7.29. The highest BCUT2D eigenvalue weighted by Crippen LogP contribution is 2.55. The third kappa shape index (κ3) is 3.39. The van der Waals surface area contributed by atoms with Crippen LogP contribution < -0.4 is 0 Å². The summed E-state index contributed by atoms with van der Waals surface area (Å²) in [6.07, 6.45) is 12.6. The van der Waals surface area contributed by atoms with Crippen molar-refractivity contribution in [1.82, 2.24) is 0 Å². The fraction of sp³-hybridized carbons (Fsp3) is 0.652. The molecule has 0 heterocycles. The number of aliphatic carboxylic acids is 1. The maximum atomic E-state index is 12.3. The van der Waals surface area contributed by atoms with Crippen molar-refractivity contribution < 1.29 is 9.90 Å². The molecule has 2 fully saturated rings. The lowest BCUT2D eigenvalue weighted by molar-refractivity contribution is -0.147. The second kappa shape index (κ2) is 7.82. The molecule has 0 spiro atoms. The van der Waals surface area contributed by atoms with Gasteiger partial charge in [0.2, 0.25) is 0 Å². The first-order chi connectivity index (χ1) is 12.6. The van der Waals surface area contributed by atoms with Crippen LogP contribution in [0.1, 0.15) is 88.7 Å². The van der Waals surface area contributed by atoms with Crippen LogP contribution in [0.15, 0.2) is 24.3 Å². The molecule has 0 amide bonds. The van der Waals surface area contributed by atoms with Crippen molar-refractivity contribution in [1.29, 1.82) is 5.26 Å². The van der Waals surface area contributed by atoms with Gasteiger partial charge in [-0.2, -0.15) is 5.26 Å². The van der Waals surface area contributed by atoms with Gasteiger partial charge in [-0.15, -0.1) is 0 Å². The van der Waals surface area contributed by atoms with Crippen molar-refractivity contribution in [3.63, 3.8) is 0 Å². The van der Waals surface area contributed by atoms with Crippen LogP contribution in [0.4, 0.5) is 0 Å². The molecule has 1 aromatic rings. The van der Waals surface area contributed by atoms with Crippen LogP contribution >= 0.6 is 0 Å². The second-order valence-corrected chi connectivity index (χ2v) is 8.52. The lowest BCUT2D eigenvalue weighted by atomic mass is 9.54. The molecule has 3 rings (SSSR count). The fourth-order valence-corrected chi connectivity index (χ4v) is 5.74. The van der Waals surface area contributed by atoms with E-state index in [1.165, 1.54) is 44.9 Å². The van der Waals surface area contributed by atoms with Gasteiger partial charge in [-0.25, -0.2) is 0 Å². The van der Waals surface area contributed by atoms with Gasteiger partial charge < -0.3 is 5.11 Å². The van der Waals surface area contributed by atoms with Gasteiger partial charge in [0.05, 0.1) is 17.0 Å². The minimum atomic E-state index is -0.778. The maximum absolute atomic E-state index is 12.3. The van der Waals surface area contributed by atoms with E-state index in [9.17, 15) is 9.90 Å². The zero-order valence-electron chi connectivity index (χ0n) is 16.0. The summed E-state index contributed by atoms with van der Waals surface area (Å²) in [5.74, 6) is 0.0833. The van der Waals surface area contributed by atoms with Crippen molar-refractivity contribution in [2.45, 2.75) is 83.0 Å². The van der Waals surface area contributed by atoms with E-state index in [1.807, 2.05) is 12.1 Å². The van der Waals surface area contributed by atoms with Crippen LogP contribution in [0.5, 0.6) is 0 Å². The lowest BCUT2D eigenvalue weighted by Crippen LogP contribution is -2.45. The molecule has 0 radical (unpaired) electrons. The van der Waals surface area contributed by atoms with Crippen LogP contribution in [0.3, 0.4) is 0 Å². The molecule has 3 nitrogen and oxygen atoms in total. The van der Waals surface area contributed by atoms with Gasteiger partial charge in [0.25, 0.3) is 0 Å². The standard InChI is InChI=1S/C23H31NO2/c1-2-12-22(19-6-4-3-5-7-19)13-15-23(16-14-22,21(25)26)20-10-8-18(17-24)9-11-20/h8-11,19H,2-7,12-16H2,1H3,(H,25,26). The minimum Gasteiger partial charge on any atom is -0.481 e. The molecule has 1 aromatic carbocycles.